The van der Waals surface area contributed by atoms with Crippen LogP contribution in [0.25, 0.3) is 0 Å². The van der Waals surface area contributed by atoms with Gasteiger partial charge in [0.2, 0.25) is 11.8 Å². The van der Waals surface area contributed by atoms with Gasteiger partial charge in [-0.1, -0.05) is 11.6 Å². The van der Waals surface area contributed by atoms with Gasteiger partial charge < -0.3 is 10.2 Å². The van der Waals surface area contributed by atoms with Gasteiger partial charge in [-0.3, -0.25) is 14.3 Å². The molecule has 0 aromatic heterocycles. The van der Waals surface area contributed by atoms with E-state index in [1.54, 1.807) is 11.0 Å². The molecule has 0 bridgehead atoms. The summed E-state index contributed by atoms with van der Waals surface area (Å²) in [5.74, 6) is -1.26. The molecule has 2 N–H and O–H groups in total. The summed E-state index contributed by atoms with van der Waals surface area (Å²) in [5, 5.41) is 2.90. The van der Waals surface area contributed by atoms with Crippen molar-refractivity contribution in [3.63, 3.8) is 0 Å². The van der Waals surface area contributed by atoms with E-state index in [4.69, 9.17) is 11.6 Å². The Morgan fingerprint density at radius 2 is 1.97 bits per heavy atom. The zero-order chi connectivity index (χ0) is 22.9. The van der Waals surface area contributed by atoms with Crippen LogP contribution in [-0.4, -0.2) is 44.0 Å². The van der Waals surface area contributed by atoms with E-state index in [2.05, 4.69) is 10.0 Å². The van der Waals surface area contributed by atoms with E-state index in [1.165, 1.54) is 36.0 Å². The topological polar surface area (TPSA) is 95.6 Å². The van der Waals surface area contributed by atoms with Crippen LogP contribution in [0, 0.1) is 11.7 Å². The Balaban J connectivity index is 1.50. The highest BCUT2D eigenvalue weighted by atomic mass is 35.5. The van der Waals surface area contributed by atoms with Gasteiger partial charge in [0, 0.05) is 35.2 Å². The van der Waals surface area contributed by atoms with Crippen LogP contribution in [0.3, 0.4) is 0 Å². The van der Waals surface area contributed by atoms with Crippen LogP contribution in [0.15, 0.2) is 46.2 Å². The number of likely N-dealkylation sites (tertiary alicyclic amines) is 1. The molecule has 2 heterocycles. The van der Waals surface area contributed by atoms with Crippen LogP contribution in [0.4, 0.5) is 15.8 Å². The highest BCUT2D eigenvalue weighted by molar-refractivity contribution is 7.99. The highest BCUT2D eigenvalue weighted by Crippen LogP contribution is 2.36. The summed E-state index contributed by atoms with van der Waals surface area (Å²) in [7, 11) is -4.11. The van der Waals surface area contributed by atoms with Crippen LogP contribution in [0.2, 0.25) is 5.02 Å². The van der Waals surface area contributed by atoms with Crippen molar-refractivity contribution in [1.29, 1.82) is 0 Å². The van der Waals surface area contributed by atoms with E-state index in [-0.39, 0.29) is 33.8 Å². The minimum atomic E-state index is -4.11. The molecule has 1 atom stereocenters. The molecule has 2 amide bonds. The molecular formula is C21H21ClFN3O4S2. The van der Waals surface area contributed by atoms with Gasteiger partial charge in [0.15, 0.2) is 0 Å². The van der Waals surface area contributed by atoms with Gasteiger partial charge in [-0.15, -0.1) is 11.8 Å². The molecule has 170 valence electrons. The zero-order valence-electron chi connectivity index (χ0n) is 16.9. The highest BCUT2D eigenvalue weighted by Gasteiger charge is 2.30. The normalized spacial score (nSPS) is 18.6. The third-order valence-electron chi connectivity index (χ3n) is 5.39. The third kappa shape index (κ3) is 5.02. The number of hydrogen-bond donors (Lipinski definition) is 2. The SMILES string of the molecule is O=C1Nc2cc(S(=O)(=O)Nc3ccc(Cl)cc3F)ccc2SC[C@@H]1CC(=O)N1CCCC1. The second-order valence-electron chi connectivity index (χ2n) is 7.68. The summed E-state index contributed by atoms with van der Waals surface area (Å²) in [4.78, 5) is 27.5. The van der Waals surface area contributed by atoms with E-state index in [0.717, 1.165) is 32.0 Å². The summed E-state index contributed by atoms with van der Waals surface area (Å²) < 4.78 is 41.8. The van der Waals surface area contributed by atoms with Gasteiger partial charge in [-0.25, -0.2) is 12.8 Å². The number of thioether (sulfide) groups is 1. The maximum atomic E-state index is 14.0. The molecule has 2 aliphatic rings. The van der Waals surface area contributed by atoms with Crippen molar-refractivity contribution in [2.24, 2.45) is 5.92 Å². The Morgan fingerprint density at radius 3 is 2.69 bits per heavy atom. The predicted octanol–water partition coefficient (Wildman–Crippen LogP) is 3.95. The maximum Gasteiger partial charge on any atom is 0.262 e. The van der Waals surface area contributed by atoms with Gasteiger partial charge in [0.05, 0.1) is 22.2 Å². The van der Waals surface area contributed by atoms with Crippen molar-refractivity contribution in [1.82, 2.24) is 4.90 Å². The number of carbonyl (C=O) groups is 2. The minimum absolute atomic E-state index is 0.0355. The van der Waals surface area contributed by atoms with Crippen molar-refractivity contribution in [2.75, 3.05) is 28.9 Å². The molecule has 0 saturated carbocycles. The van der Waals surface area contributed by atoms with Gasteiger partial charge in [0.1, 0.15) is 5.82 Å². The molecule has 0 aliphatic carbocycles. The number of carbonyl (C=O) groups excluding carboxylic acids is 2. The molecule has 0 spiro atoms. The van der Waals surface area contributed by atoms with Gasteiger partial charge in [-0.2, -0.15) is 0 Å². The lowest BCUT2D eigenvalue weighted by molar-refractivity contribution is -0.133. The molecule has 0 unspecified atom stereocenters. The Morgan fingerprint density at radius 1 is 1.22 bits per heavy atom. The number of hydrogen-bond acceptors (Lipinski definition) is 5. The molecule has 2 aromatic rings. The van der Waals surface area contributed by atoms with Gasteiger partial charge in [0.25, 0.3) is 10.0 Å². The molecule has 11 heteroatoms. The Bertz CT molecular complexity index is 1170. The van der Waals surface area contributed by atoms with E-state index < -0.39 is 21.8 Å². The number of anilines is 2. The molecular weight excluding hydrogens is 477 g/mol. The monoisotopic (exact) mass is 497 g/mol. The molecule has 0 radical (unpaired) electrons. The number of nitrogens with one attached hydrogen (secondary N) is 2. The number of amides is 2. The molecule has 2 aromatic carbocycles. The third-order valence-corrected chi connectivity index (χ3v) is 8.22. The van der Waals surface area contributed by atoms with Crippen LogP contribution in [0.1, 0.15) is 19.3 Å². The van der Waals surface area contributed by atoms with E-state index in [0.29, 0.717) is 16.3 Å². The van der Waals surface area contributed by atoms with Crippen molar-refractivity contribution < 1.29 is 22.4 Å². The predicted molar refractivity (Wildman–Crippen MR) is 122 cm³/mol. The van der Waals surface area contributed by atoms with Crippen molar-refractivity contribution in [3.05, 3.63) is 47.2 Å². The number of sulfonamides is 1. The van der Waals surface area contributed by atoms with Crippen LogP contribution >= 0.6 is 23.4 Å². The zero-order valence-corrected chi connectivity index (χ0v) is 19.3. The number of fused-ring (bicyclic) bond motifs is 1. The summed E-state index contributed by atoms with van der Waals surface area (Å²) >= 11 is 7.10. The lowest BCUT2D eigenvalue weighted by Gasteiger charge is -2.18. The van der Waals surface area contributed by atoms with Crippen LogP contribution in [0.5, 0.6) is 0 Å². The first-order valence-corrected chi connectivity index (χ1v) is 12.9. The molecule has 1 saturated heterocycles. The first-order valence-electron chi connectivity index (χ1n) is 10.1. The number of nitrogens with zero attached hydrogens (tertiary/aromatic N) is 1. The fourth-order valence-corrected chi connectivity index (χ4v) is 5.97. The quantitative estimate of drug-likeness (QED) is 0.652. The number of benzene rings is 2. The van der Waals surface area contributed by atoms with Crippen molar-refractivity contribution in [3.8, 4) is 0 Å². The summed E-state index contributed by atoms with van der Waals surface area (Å²) in [6, 6.07) is 7.94. The molecule has 32 heavy (non-hydrogen) atoms. The first-order chi connectivity index (χ1) is 15.2. The van der Waals surface area contributed by atoms with Crippen molar-refractivity contribution in [2.45, 2.75) is 29.1 Å². The lowest BCUT2D eigenvalue weighted by Crippen LogP contribution is -2.33. The van der Waals surface area contributed by atoms with E-state index in [1.807, 2.05) is 0 Å². The molecule has 4 rings (SSSR count). The maximum absolute atomic E-state index is 14.0. The van der Waals surface area contributed by atoms with Gasteiger partial charge in [-0.05, 0) is 49.2 Å². The Labute approximate surface area is 194 Å². The second kappa shape index (κ2) is 9.29. The molecule has 1 fully saturated rings. The fourth-order valence-electron chi connectivity index (χ4n) is 3.63. The van der Waals surface area contributed by atoms with E-state index in [9.17, 15) is 22.4 Å². The fraction of sp³-hybridized carbons (Fsp3) is 0.333. The Kier molecular flexibility index (Phi) is 6.64. The molecule has 2 aliphatic heterocycles. The molecule has 7 nitrogen and oxygen atoms in total. The average molecular weight is 498 g/mol. The van der Waals surface area contributed by atoms with Crippen molar-refractivity contribution >= 4 is 56.6 Å². The van der Waals surface area contributed by atoms with Gasteiger partial charge >= 0.3 is 0 Å². The number of rotatable bonds is 5. The average Bonchev–Trinajstić information content (AvgIpc) is 3.23. The standard InChI is InChI=1S/C21H21ClFN3O4S2/c22-14-3-5-17(16(23)10-14)25-32(29,30)15-4-6-19-18(11-15)24-21(28)13(12-31-19)9-20(27)26-7-1-2-8-26/h3-6,10-11,13,25H,1-2,7-9,12H2,(H,24,28)/t13-/m0/s1. The van der Waals surface area contributed by atoms with E-state index >= 15 is 0 Å². The number of halogens is 2. The van der Waals surface area contributed by atoms with Crippen LogP contribution in [-0.2, 0) is 19.6 Å². The second-order valence-corrected chi connectivity index (χ2v) is 10.9. The summed E-state index contributed by atoms with van der Waals surface area (Å²) in [5.41, 5.74) is 0.110. The Hall–Kier alpha value is -2.30. The summed E-state index contributed by atoms with van der Waals surface area (Å²) in [6.07, 6.45) is 2.08. The minimum Gasteiger partial charge on any atom is -0.343 e. The largest absolute Gasteiger partial charge is 0.343 e. The lowest BCUT2D eigenvalue weighted by atomic mass is 10.1. The van der Waals surface area contributed by atoms with Crippen LogP contribution < -0.4 is 10.0 Å². The first kappa shape index (κ1) is 22.9. The summed E-state index contributed by atoms with van der Waals surface area (Å²) in [6.45, 7) is 1.45. The smallest absolute Gasteiger partial charge is 0.262 e.